The molecule has 0 aliphatic heterocycles. The molecule has 2 aromatic rings. The topological polar surface area (TPSA) is 50.1 Å². The van der Waals surface area contributed by atoms with E-state index in [-0.39, 0.29) is 0 Å². The summed E-state index contributed by atoms with van der Waals surface area (Å²) in [4.78, 5) is 0. The standard InChI is InChI=1S/C14H19N3O/c1-2-17-11-13(9-16-17)14(18)10-15-8-12-6-4-3-5-7-12/h3-7,9,11,14-15,18H,2,8,10H2,1H3. The molecular formula is C14H19N3O. The summed E-state index contributed by atoms with van der Waals surface area (Å²) in [5, 5.41) is 17.4. The Hall–Kier alpha value is -1.65. The summed E-state index contributed by atoms with van der Waals surface area (Å²) in [6.07, 6.45) is 3.10. The van der Waals surface area contributed by atoms with E-state index in [4.69, 9.17) is 0 Å². The lowest BCUT2D eigenvalue weighted by molar-refractivity contribution is 0.174. The maximum absolute atomic E-state index is 9.99. The Kier molecular flexibility index (Phi) is 4.50. The van der Waals surface area contributed by atoms with Gasteiger partial charge in [-0.15, -0.1) is 0 Å². The third kappa shape index (κ3) is 3.42. The first-order valence-electron chi connectivity index (χ1n) is 6.24. The Morgan fingerprint density at radius 1 is 1.33 bits per heavy atom. The summed E-state index contributed by atoms with van der Waals surface area (Å²) in [7, 11) is 0. The van der Waals surface area contributed by atoms with Crippen LogP contribution in [-0.4, -0.2) is 21.4 Å². The van der Waals surface area contributed by atoms with Crippen molar-refractivity contribution in [1.82, 2.24) is 15.1 Å². The average Bonchev–Trinajstić information content (AvgIpc) is 2.89. The number of nitrogens with zero attached hydrogens (tertiary/aromatic N) is 2. The highest BCUT2D eigenvalue weighted by molar-refractivity contribution is 5.14. The van der Waals surface area contributed by atoms with Crippen LogP contribution in [0.1, 0.15) is 24.2 Å². The number of aliphatic hydroxyl groups is 1. The maximum Gasteiger partial charge on any atom is 0.0944 e. The van der Waals surface area contributed by atoms with Crippen LogP contribution < -0.4 is 5.32 Å². The predicted octanol–water partition coefficient (Wildman–Crippen LogP) is 1.73. The molecule has 96 valence electrons. The Balaban J connectivity index is 1.79. The number of benzene rings is 1. The van der Waals surface area contributed by atoms with Gasteiger partial charge in [-0.05, 0) is 12.5 Å². The minimum atomic E-state index is -0.506. The van der Waals surface area contributed by atoms with E-state index in [0.29, 0.717) is 6.54 Å². The predicted molar refractivity (Wildman–Crippen MR) is 71.0 cm³/mol. The van der Waals surface area contributed by atoms with Crippen LogP contribution in [0.3, 0.4) is 0 Å². The second-order valence-electron chi connectivity index (χ2n) is 4.26. The molecule has 4 heteroatoms. The molecule has 0 fully saturated rings. The van der Waals surface area contributed by atoms with Crippen LogP contribution in [0.2, 0.25) is 0 Å². The highest BCUT2D eigenvalue weighted by Crippen LogP contribution is 2.10. The number of aromatic nitrogens is 2. The quantitative estimate of drug-likeness (QED) is 0.815. The highest BCUT2D eigenvalue weighted by Gasteiger charge is 2.09. The van der Waals surface area contributed by atoms with Crippen molar-refractivity contribution in [2.24, 2.45) is 0 Å². The van der Waals surface area contributed by atoms with E-state index in [1.807, 2.05) is 36.0 Å². The molecule has 1 aromatic carbocycles. The molecule has 2 rings (SSSR count). The molecule has 0 spiro atoms. The molecule has 0 bridgehead atoms. The largest absolute Gasteiger partial charge is 0.387 e. The van der Waals surface area contributed by atoms with Gasteiger partial charge in [0.2, 0.25) is 0 Å². The van der Waals surface area contributed by atoms with Gasteiger partial charge in [-0.3, -0.25) is 4.68 Å². The van der Waals surface area contributed by atoms with E-state index in [0.717, 1.165) is 18.7 Å². The van der Waals surface area contributed by atoms with Crippen molar-refractivity contribution in [2.45, 2.75) is 26.1 Å². The summed E-state index contributed by atoms with van der Waals surface area (Å²) in [6, 6.07) is 10.2. The van der Waals surface area contributed by atoms with Crippen molar-refractivity contribution in [3.63, 3.8) is 0 Å². The Morgan fingerprint density at radius 2 is 2.11 bits per heavy atom. The Labute approximate surface area is 107 Å². The van der Waals surface area contributed by atoms with E-state index in [1.165, 1.54) is 5.56 Å². The lowest BCUT2D eigenvalue weighted by Crippen LogP contribution is -2.20. The summed E-state index contributed by atoms with van der Waals surface area (Å²) in [5.74, 6) is 0. The molecular weight excluding hydrogens is 226 g/mol. The third-order valence-corrected chi connectivity index (χ3v) is 2.87. The summed E-state index contributed by atoms with van der Waals surface area (Å²) in [5.41, 5.74) is 2.08. The minimum Gasteiger partial charge on any atom is -0.387 e. The van der Waals surface area contributed by atoms with E-state index in [2.05, 4.69) is 22.5 Å². The molecule has 0 aliphatic carbocycles. The molecule has 2 N–H and O–H groups in total. The lowest BCUT2D eigenvalue weighted by atomic mass is 10.2. The van der Waals surface area contributed by atoms with E-state index in [1.54, 1.807) is 6.20 Å². The minimum absolute atomic E-state index is 0.506. The van der Waals surface area contributed by atoms with Gasteiger partial charge in [0.15, 0.2) is 0 Å². The van der Waals surface area contributed by atoms with Gasteiger partial charge in [-0.2, -0.15) is 5.10 Å². The van der Waals surface area contributed by atoms with Crippen LogP contribution in [0.25, 0.3) is 0 Å². The lowest BCUT2D eigenvalue weighted by Gasteiger charge is -2.10. The second kappa shape index (κ2) is 6.33. The van der Waals surface area contributed by atoms with Gasteiger partial charge in [0.25, 0.3) is 0 Å². The van der Waals surface area contributed by atoms with Gasteiger partial charge in [0, 0.05) is 31.4 Å². The van der Waals surface area contributed by atoms with Crippen LogP contribution in [0.5, 0.6) is 0 Å². The Bertz CT molecular complexity index is 467. The number of aryl methyl sites for hydroxylation is 1. The second-order valence-corrected chi connectivity index (χ2v) is 4.26. The number of hydrogen-bond donors (Lipinski definition) is 2. The van der Waals surface area contributed by atoms with Gasteiger partial charge in [-0.1, -0.05) is 30.3 Å². The monoisotopic (exact) mass is 245 g/mol. The Morgan fingerprint density at radius 3 is 2.78 bits per heavy atom. The molecule has 0 radical (unpaired) electrons. The molecule has 0 saturated heterocycles. The summed E-state index contributed by atoms with van der Waals surface area (Å²) >= 11 is 0. The number of aliphatic hydroxyl groups excluding tert-OH is 1. The van der Waals surface area contributed by atoms with E-state index >= 15 is 0 Å². The molecule has 0 saturated carbocycles. The van der Waals surface area contributed by atoms with Crippen LogP contribution in [-0.2, 0) is 13.1 Å². The summed E-state index contributed by atoms with van der Waals surface area (Å²) < 4.78 is 1.82. The van der Waals surface area contributed by atoms with Gasteiger partial charge < -0.3 is 10.4 Å². The van der Waals surface area contributed by atoms with Crippen molar-refractivity contribution >= 4 is 0 Å². The SMILES string of the molecule is CCn1cc(C(O)CNCc2ccccc2)cn1. The van der Waals surface area contributed by atoms with Crippen LogP contribution in [0.15, 0.2) is 42.7 Å². The number of nitrogens with one attached hydrogen (secondary N) is 1. The van der Waals surface area contributed by atoms with Gasteiger partial charge in [0.05, 0.1) is 12.3 Å². The zero-order valence-corrected chi connectivity index (χ0v) is 10.6. The number of hydrogen-bond acceptors (Lipinski definition) is 3. The maximum atomic E-state index is 9.99. The van der Waals surface area contributed by atoms with Gasteiger partial charge in [0.1, 0.15) is 0 Å². The smallest absolute Gasteiger partial charge is 0.0944 e. The van der Waals surface area contributed by atoms with Gasteiger partial charge >= 0.3 is 0 Å². The van der Waals surface area contributed by atoms with Crippen molar-refractivity contribution in [2.75, 3.05) is 6.54 Å². The van der Waals surface area contributed by atoms with Crippen molar-refractivity contribution in [3.05, 3.63) is 53.9 Å². The molecule has 1 heterocycles. The van der Waals surface area contributed by atoms with Gasteiger partial charge in [-0.25, -0.2) is 0 Å². The zero-order valence-electron chi connectivity index (χ0n) is 10.6. The van der Waals surface area contributed by atoms with Crippen LogP contribution in [0, 0.1) is 0 Å². The molecule has 1 atom stereocenters. The third-order valence-electron chi connectivity index (χ3n) is 2.87. The average molecular weight is 245 g/mol. The fourth-order valence-electron chi connectivity index (χ4n) is 1.79. The fourth-order valence-corrected chi connectivity index (χ4v) is 1.79. The zero-order chi connectivity index (χ0) is 12.8. The molecule has 0 amide bonds. The normalized spacial score (nSPS) is 12.6. The van der Waals surface area contributed by atoms with Crippen LogP contribution >= 0.6 is 0 Å². The molecule has 1 unspecified atom stereocenters. The first kappa shape index (κ1) is 12.8. The van der Waals surface area contributed by atoms with Crippen molar-refractivity contribution in [3.8, 4) is 0 Å². The summed E-state index contributed by atoms with van der Waals surface area (Å²) in [6.45, 7) is 4.14. The highest BCUT2D eigenvalue weighted by atomic mass is 16.3. The first-order valence-corrected chi connectivity index (χ1v) is 6.24. The molecule has 4 nitrogen and oxygen atoms in total. The van der Waals surface area contributed by atoms with E-state index in [9.17, 15) is 5.11 Å². The van der Waals surface area contributed by atoms with Crippen molar-refractivity contribution < 1.29 is 5.11 Å². The molecule has 1 aromatic heterocycles. The first-order chi connectivity index (χ1) is 8.79. The van der Waals surface area contributed by atoms with Crippen LogP contribution in [0.4, 0.5) is 0 Å². The number of rotatable bonds is 6. The van der Waals surface area contributed by atoms with E-state index < -0.39 is 6.10 Å². The molecule has 18 heavy (non-hydrogen) atoms. The fraction of sp³-hybridized carbons (Fsp3) is 0.357. The molecule has 0 aliphatic rings. The van der Waals surface area contributed by atoms with Crippen molar-refractivity contribution in [1.29, 1.82) is 0 Å².